The summed E-state index contributed by atoms with van der Waals surface area (Å²) < 4.78 is 5.82. The molecule has 6 heteroatoms. The molecule has 153 valence electrons. The van der Waals surface area contributed by atoms with Crippen LogP contribution < -0.4 is 10.1 Å². The van der Waals surface area contributed by atoms with Crippen molar-refractivity contribution in [2.24, 2.45) is 0 Å². The van der Waals surface area contributed by atoms with E-state index in [9.17, 15) is 4.79 Å². The molecule has 0 amide bonds. The Kier molecular flexibility index (Phi) is 15.0. The van der Waals surface area contributed by atoms with Gasteiger partial charge in [0.25, 0.3) is 0 Å². The Morgan fingerprint density at radius 2 is 1.86 bits per heavy atom. The van der Waals surface area contributed by atoms with Gasteiger partial charge >= 0.3 is 0 Å². The second-order valence-corrected chi connectivity index (χ2v) is 5.28. The number of fused-ring (bicyclic) bond motifs is 1. The average Bonchev–Trinajstić information content (AvgIpc) is 2.77. The van der Waals surface area contributed by atoms with Gasteiger partial charge in [0, 0.05) is 45.6 Å². The summed E-state index contributed by atoms with van der Waals surface area (Å²) in [7, 11) is 0. The minimum atomic E-state index is 0. The first-order valence-electron chi connectivity index (χ1n) is 9.89. The number of benzene rings is 2. The molecule has 1 heterocycles. The normalized spacial score (nSPS) is 9.14. The van der Waals surface area contributed by atoms with Crippen LogP contribution in [0, 0.1) is 6.07 Å². The number of anilines is 2. The van der Waals surface area contributed by atoms with Crippen molar-refractivity contribution in [3.63, 3.8) is 0 Å². The molecule has 0 spiro atoms. The van der Waals surface area contributed by atoms with Gasteiger partial charge in [0.05, 0.1) is 17.5 Å². The maximum atomic E-state index is 11.5. The van der Waals surface area contributed by atoms with Crippen molar-refractivity contribution in [1.29, 1.82) is 0 Å². The first-order valence-corrected chi connectivity index (χ1v) is 9.89. The van der Waals surface area contributed by atoms with Crippen LogP contribution in [-0.4, -0.2) is 22.4 Å². The van der Waals surface area contributed by atoms with Crippen LogP contribution in [0.25, 0.3) is 10.9 Å². The van der Waals surface area contributed by atoms with Crippen molar-refractivity contribution in [2.75, 3.05) is 11.9 Å². The van der Waals surface area contributed by atoms with Gasteiger partial charge in [-0.2, -0.15) is 24.3 Å². The zero-order chi connectivity index (χ0) is 20.8. The van der Waals surface area contributed by atoms with E-state index in [2.05, 4.69) is 21.4 Å². The minimum Gasteiger partial charge on any atom is -0.492 e. The zero-order valence-electron chi connectivity index (χ0n) is 18.0. The molecule has 2 aromatic carbocycles. The summed E-state index contributed by atoms with van der Waals surface area (Å²) in [5, 5.41) is 4.07. The van der Waals surface area contributed by atoms with E-state index < -0.39 is 0 Å². The molecule has 0 saturated carbocycles. The molecule has 0 aliphatic heterocycles. The molecule has 0 atom stereocenters. The number of ether oxygens (including phenoxy) is 1. The van der Waals surface area contributed by atoms with E-state index in [1.807, 2.05) is 77.1 Å². The predicted octanol–water partition coefficient (Wildman–Crippen LogP) is 5.97. The molecule has 29 heavy (non-hydrogen) atoms. The van der Waals surface area contributed by atoms with Crippen LogP contribution in [0.5, 0.6) is 5.75 Å². The second-order valence-electron chi connectivity index (χ2n) is 5.28. The summed E-state index contributed by atoms with van der Waals surface area (Å²) in [6.07, 6.45) is 2.44. The van der Waals surface area contributed by atoms with Crippen molar-refractivity contribution >= 4 is 28.2 Å². The predicted molar refractivity (Wildman–Crippen MR) is 116 cm³/mol. The number of carbonyl (C=O) groups is 1. The zero-order valence-corrected chi connectivity index (χ0v) is 20.9. The van der Waals surface area contributed by atoms with Crippen LogP contribution in [0.1, 0.15) is 47.5 Å². The number of Topliss-reactive ketones (excluding diaryl/α,β-unsaturated/α-hetero) is 1. The van der Waals surface area contributed by atoms with Crippen LogP contribution >= 0.6 is 0 Å². The van der Waals surface area contributed by atoms with E-state index in [-0.39, 0.29) is 38.5 Å². The number of rotatable bonds is 7. The molecule has 5 nitrogen and oxygen atoms in total. The number of hydrogen-bond donors (Lipinski definition) is 1. The molecule has 0 saturated heterocycles. The van der Waals surface area contributed by atoms with Gasteiger partial charge in [0.2, 0.25) is 0 Å². The molecule has 1 radical (unpaired) electrons. The van der Waals surface area contributed by atoms with E-state index >= 15 is 0 Å². The standard InChI is InChI=1S/C19H18N3O2.2C2H6.Y/c1-2-15(23)11-12-24-17-10-6-9-16-18(17)19(21-13-20-16)22-14-7-4-3-5-8-14;2*1-2;/h3-4,6-10,13H,2,11-12H2,1H3,(H,20,21,22);2*1-2H3;/q-1;;;. The number of nitrogens with one attached hydrogen (secondary N) is 1. The van der Waals surface area contributed by atoms with Crippen LogP contribution in [0.3, 0.4) is 0 Å². The smallest absolute Gasteiger partial charge is 0.136 e. The van der Waals surface area contributed by atoms with Crippen molar-refractivity contribution in [3.8, 4) is 5.75 Å². The second kappa shape index (κ2) is 16.0. The van der Waals surface area contributed by atoms with E-state index in [1.165, 1.54) is 6.33 Å². The Morgan fingerprint density at radius 1 is 1.10 bits per heavy atom. The summed E-state index contributed by atoms with van der Waals surface area (Å²) >= 11 is 0. The quantitative estimate of drug-likeness (QED) is 0.432. The van der Waals surface area contributed by atoms with Gasteiger partial charge in [0.15, 0.2) is 0 Å². The van der Waals surface area contributed by atoms with Gasteiger partial charge in [-0.1, -0.05) is 46.4 Å². The SMILES string of the molecule is CC.CC.CCC(=O)CCOc1cccc2ncnc(Nc3c[c-]ccc3)c12.[Y]. The Balaban J connectivity index is 0.00000148. The molecule has 0 aliphatic carbocycles. The number of aromatic nitrogens is 2. The van der Waals surface area contributed by atoms with Crippen molar-refractivity contribution < 1.29 is 42.2 Å². The Hall–Kier alpha value is -1.85. The molecule has 0 bridgehead atoms. The fraction of sp³-hybridized carbons (Fsp3) is 0.348. The minimum absolute atomic E-state index is 0. The van der Waals surface area contributed by atoms with Crippen molar-refractivity contribution in [2.45, 2.75) is 47.5 Å². The summed E-state index contributed by atoms with van der Waals surface area (Å²) in [5.41, 5.74) is 1.67. The van der Waals surface area contributed by atoms with Crippen molar-refractivity contribution in [3.05, 3.63) is 54.9 Å². The third kappa shape index (κ3) is 8.59. The molecule has 0 unspecified atom stereocenters. The molecular formula is C23H30N3O2Y-. The number of ketones is 1. The fourth-order valence-corrected chi connectivity index (χ4v) is 2.35. The Morgan fingerprint density at radius 3 is 2.52 bits per heavy atom. The third-order valence-corrected chi connectivity index (χ3v) is 3.63. The Bertz CT molecular complexity index is 837. The Labute approximate surface area is 199 Å². The summed E-state index contributed by atoms with van der Waals surface area (Å²) in [4.78, 5) is 20.1. The molecular weight excluding hydrogens is 439 g/mol. The van der Waals surface area contributed by atoms with Gasteiger partial charge in [-0.25, -0.2) is 9.97 Å². The maximum absolute atomic E-state index is 11.5. The van der Waals surface area contributed by atoms with E-state index in [1.54, 1.807) is 0 Å². The monoisotopic (exact) mass is 469 g/mol. The van der Waals surface area contributed by atoms with Crippen LogP contribution in [0.15, 0.2) is 48.8 Å². The number of carbonyl (C=O) groups excluding carboxylic acids is 1. The van der Waals surface area contributed by atoms with Gasteiger partial charge in [-0.15, -0.1) is 6.07 Å². The molecule has 0 fully saturated rings. The van der Waals surface area contributed by atoms with E-state index in [0.29, 0.717) is 31.0 Å². The summed E-state index contributed by atoms with van der Waals surface area (Å²) in [6.45, 7) is 10.2. The van der Waals surface area contributed by atoms with Crippen molar-refractivity contribution in [1.82, 2.24) is 9.97 Å². The first-order chi connectivity index (χ1) is 13.8. The van der Waals surface area contributed by atoms with Gasteiger partial charge in [-0.05, 0) is 12.1 Å². The van der Waals surface area contributed by atoms with Gasteiger partial charge in [-0.3, -0.25) is 4.79 Å². The summed E-state index contributed by atoms with van der Waals surface area (Å²) in [6, 6.07) is 16.2. The van der Waals surface area contributed by atoms with Crippen LogP contribution in [0.2, 0.25) is 0 Å². The van der Waals surface area contributed by atoms with Gasteiger partial charge in [0.1, 0.15) is 23.7 Å². The molecule has 0 aliphatic rings. The van der Waals surface area contributed by atoms with E-state index in [4.69, 9.17) is 4.74 Å². The fourth-order valence-electron chi connectivity index (χ4n) is 2.35. The van der Waals surface area contributed by atoms with E-state index in [0.717, 1.165) is 16.6 Å². The first kappa shape index (κ1) is 27.2. The van der Waals surface area contributed by atoms with Crippen LogP contribution in [0.4, 0.5) is 11.5 Å². The average molecular weight is 469 g/mol. The molecule has 1 aromatic heterocycles. The van der Waals surface area contributed by atoms with Crippen LogP contribution in [-0.2, 0) is 37.5 Å². The summed E-state index contributed by atoms with van der Waals surface area (Å²) in [5.74, 6) is 1.51. The number of hydrogen-bond acceptors (Lipinski definition) is 5. The maximum Gasteiger partial charge on any atom is 0.136 e. The largest absolute Gasteiger partial charge is 0.492 e. The third-order valence-electron chi connectivity index (χ3n) is 3.63. The number of nitrogens with zero attached hydrogens (tertiary/aromatic N) is 2. The molecule has 1 N–H and O–H groups in total. The molecule has 3 rings (SSSR count). The molecule has 3 aromatic rings. The van der Waals surface area contributed by atoms with Gasteiger partial charge < -0.3 is 10.1 Å². The topological polar surface area (TPSA) is 64.1 Å².